The maximum atomic E-state index is 13.9. The van der Waals surface area contributed by atoms with Gasteiger partial charge < -0.3 is 14.4 Å². The predicted molar refractivity (Wildman–Crippen MR) is 107 cm³/mol. The summed E-state index contributed by atoms with van der Waals surface area (Å²) in [5.41, 5.74) is 4.67. The van der Waals surface area contributed by atoms with Crippen molar-refractivity contribution in [2.75, 3.05) is 6.61 Å². The number of hydrogen-bond donors (Lipinski definition) is 1. The van der Waals surface area contributed by atoms with Crippen LogP contribution in [0.5, 0.6) is 5.75 Å². The monoisotopic (exact) mass is 404 g/mol. The summed E-state index contributed by atoms with van der Waals surface area (Å²) in [4.78, 5) is 11.1. The summed E-state index contributed by atoms with van der Waals surface area (Å²) < 4.78 is 23.2. The zero-order valence-corrected chi connectivity index (χ0v) is 15.8. The number of fused-ring (bicyclic) bond motifs is 1. The summed E-state index contributed by atoms with van der Waals surface area (Å²) in [5, 5.41) is 17.8. The lowest BCUT2D eigenvalue weighted by Gasteiger charge is -2.14. The van der Waals surface area contributed by atoms with Crippen molar-refractivity contribution in [3.05, 3.63) is 71.9 Å². The van der Waals surface area contributed by atoms with Crippen LogP contribution in [0.1, 0.15) is 16.1 Å². The van der Waals surface area contributed by atoms with Gasteiger partial charge in [0.1, 0.15) is 5.69 Å². The molecule has 1 aliphatic heterocycles. The molecule has 0 fully saturated rings. The molecule has 30 heavy (non-hydrogen) atoms. The minimum absolute atomic E-state index is 0.136. The van der Waals surface area contributed by atoms with Gasteiger partial charge in [0.05, 0.1) is 30.7 Å². The molecule has 0 spiro atoms. The van der Waals surface area contributed by atoms with Crippen LogP contribution in [-0.4, -0.2) is 37.6 Å². The highest BCUT2D eigenvalue weighted by molar-refractivity contribution is 5.82. The van der Waals surface area contributed by atoms with Crippen LogP contribution < -0.4 is 0 Å². The summed E-state index contributed by atoms with van der Waals surface area (Å²) in [7, 11) is 0. The Morgan fingerprint density at radius 1 is 1.10 bits per heavy atom. The average Bonchev–Trinajstić information content (AvgIpc) is 3.43. The molecule has 0 amide bonds. The molecule has 8 heteroatoms. The average molecular weight is 404 g/mol. The van der Waals surface area contributed by atoms with Crippen LogP contribution in [0.3, 0.4) is 0 Å². The fourth-order valence-corrected chi connectivity index (χ4v) is 3.59. The van der Waals surface area contributed by atoms with Crippen LogP contribution in [0, 0.1) is 5.82 Å². The smallest absolute Gasteiger partial charge is 0.166 e. The molecule has 2 aromatic heterocycles. The fraction of sp³-hybridized carbons (Fsp3) is 0.136. The third-order valence-corrected chi connectivity index (χ3v) is 5.17. The van der Waals surface area contributed by atoms with Crippen molar-refractivity contribution in [2.24, 2.45) is 0 Å². The molecule has 3 heterocycles. The Bertz CT molecular complexity index is 1240. The number of carbonyl (C=O) groups is 1. The molecule has 0 radical (unpaired) electrons. The van der Waals surface area contributed by atoms with Crippen molar-refractivity contribution >= 4 is 6.29 Å². The number of hydrogen-bond acceptors (Lipinski definition) is 5. The molecule has 2 aromatic carbocycles. The summed E-state index contributed by atoms with van der Waals surface area (Å²) in [6.07, 6.45) is 4.17. The van der Waals surface area contributed by atoms with E-state index >= 15 is 0 Å². The van der Waals surface area contributed by atoms with Crippen molar-refractivity contribution in [3.63, 3.8) is 0 Å². The zero-order chi connectivity index (χ0) is 20.7. The van der Waals surface area contributed by atoms with Gasteiger partial charge in [0.2, 0.25) is 0 Å². The van der Waals surface area contributed by atoms with Gasteiger partial charge in [-0.15, -0.1) is 5.10 Å². The first-order valence-electron chi connectivity index (χ1n) is 9.40. The molecule has 1 N–H and O–H groups in total. The number of carbonyl (C=O) groups excluding carboxylic acids is 1. The number of aromatic nitrogens is 4. The quantitative estimate of drug-likeness (QED) is 0.526. The molecule has 0 saturated heterocycles. The zero-order valence-electron chi connectivity index (χ0n) is 15.8. The van der Waals surface area contributed by atoms with E-state index in [0.717, 1.165) is 35.1 Å². The van der Waals surface area contributed by atoms with Gasteiger partial charge in [-0.05, 0) is 41.5 Å². The number of halogens is 1. The number of benzene rings is 2. The summed E-state index contributed by atoms with van der Waals surface area (Å²) in [6, 6.07) is 12.5. The lowest BCUT2D eigenvalue weighted by Crippen LogP contribution is -2.14. The fourth-order valence-electron chi connectivity index (χ4n) is 3.59. The van der Waals surface area contributed by atoms with E-state index < -0.39 is 11.6 Å². The third kappa shape index (κ3) is 3.17. The molecule has 150 valence electrons. The van der Waals surface area contributed by atoms with Crippen LogP contribution in [0.2, 0.25) is 0 Å². The number of ether oxygens (including phenoxy) is 1. The van der Waals surface area contributed by atoms with Crippen LogP contribution >= 0.6 is 0 Å². The third-order valence-electron chi connectivity index (χ3n) is 5.17. The van der Waals surface area contributed by atoms with Gasteiger partial charge in [-0.3, -0.25) is 4.79 Å². The van der Waals surface area contributed by atoms with E-state index in [4.69, 9.17) is 4.74 Å². The second kappa shape index (κ2) is 7.23. The Hall–Kier alpha value is -3.78. The molecular formula is C22H17FN4O3. The Balaban J connectivity index is 1.49. The highest BCUT2D eigenvalue weighted by Gasteiger charge is 2.15. The molecule has 5 rings (SSSR count). The molecule has 0 unspecified atom stereocenters. The van der Waals surface area contributed by atoms with Crippen molar-refractivity contribution in [1.82, 2.24) is 19.6 Å². The van der Waals surface area contributed by atoms with Crippen molar-refractivity contribution in [3.8, 4) is 33.8 Å². The second-order valence-electron chi connectivity index (χ2n) is 7.08. The predicted octanol–water partition coefficient (Wildman–Crippen LogP) is 3.59. The second-order valence-corrected chi connectivity index (χ2v) is 7.08. The van der Waals surface area contributed by atoms with Gasteiger partial charge in [-0.1, -0.05) is 17.3 Å². The largest absolute Gasteiger partial charge is 0.504 e. The summed E-state index contributed by atoms with van der Waals surface area (Å²) in [6.45, 7) is 2.16. The van der Waals surface area contributed by atoms with E-state index in [0.29, 0.717) is 30.8 Å². The first-order valence-corrected chi connectivity index (χ1v) is 9.40. The van der Waals surface area contributed by atoms with E-state index in [1.165, 1.54) is 6.07 Å². The van der Waals surface area contributed by atoms with Crippen molar-refractivity contribution in [1.29, 1.82) is 0 Å². The molecule has 4 aromatic rings. The Morgan fingerprint density at radius 2 is 2.00 bits per heavy atom. The molecule has 0 atom stereocenters. The van der Waals surface area contributed by atoms with Gasteiger partial charge in [0, 0.05) is 24.0 Å². The molecule has 7 nitrogen and oxygen atoms in total. The molecule has 0 bridgehead atoms. The number of phenolic OH excluding ortho intramolecular Hbond substituents is 1. The van der Waals surface area contributed by atoms with E-state index in [1.54, 1.807) is 10.9 Å². The summed E-state index contributed by atoms with van der Waals surface area (Å²) >= 11 is 0. The Kier molecular flexibility index (Phi) is 4.40. The van der Waals surface area contributed by atoms with E-state index in [-0.39, 0.29) is 5.56 Å². The maximum Gasteiger partial charge on any atom is 0.166 e. The SMILES string of the molecule is O=Cc1cc(-c2cn(-c3cccc(-c4cc5n(c4)CCOC5)c3)nn2)cc(F)c1O. The van der Waals surface area contributed by atoms with Crippen LogP contribution in [0.15, 0.2) is 54.9 Å². The van der Waals surface area contributed by atoms with Crippen LogP contribution in [0.4, 0.5) is 4.39 Å². The van der Waals surface area contributed by atoms with E-state index in [1.807, 2.05) is 24.3 Å². The van der Waals surface area contributed by atoms with E-state index in [9.17, 15) is 14.3 Å². The van der Waals surface area contributed by atoms with Gasteiger partial charge in [-0.25, -0.2) is 9.07 Å². The van der Waals surface area contributed by atoms with Crippen LogP contribution in [0.25, 0.3) is 28.1 Å². The topological polar surface area (TPSA) is 82.2 Å². The van der Waals surface area contributed by atoms with Gasteiger partial charge in [0.15, 0.2) is 17.9 Å². The lowest BCUT2D eigenvalue weighted by atomic mass is 10.1. The minimum Gasteiger partial charge on any atom is -0.504 e. The Labute approximate surface area is 171 Å². The molecular weight excluding hydrogens is 387 g/mol. The standard InChI is InChI=1S/C22H17FN4O3/c23-20-9-15(6-17(12-28)22(20)29)21-11-27(25-24-21)18-3-1-2-14(7-18)16-8-19-13-30-5-4-26(19)10-16/h1-3,6-12,29H,4-5,13H2. The highest BCUT2D eigenvalue weighted by atomic mass is 19.1. The lowest BCUT2D eigenvalue weighted by molar-refractivity contribution is 0.0850. The van der Waals surface area contributed by atoms with Gasteiger partial charge in [-0.2, -0.15) is 0 Å². The van der Waals surface area contributed by atoms with Crippen molar-refractivity contribution in [2.45, 2.75) is 13.2 Å². The first kappa shape index (κ1) is 18.3. The van der Waals surface area contributed by atoms with Crippen molar-refractivity contribution < 1.29 is 19.0 Å². The Morgan fingerprint density at radius 3 is 2.83 bits per heavy atom. The molecule has 0 aliphatic carbocycles. The highest BCUT2D eigenvalue weighted by Crippen LogP contribution is 2.29. The van der Waals surface area contributed by atoms with E-state index in [2.05, 4.69) is 27.1 Å². The normalized spacial score (nSPS) is 13.2. The molecule has 1 aliphatic rings. The van der Waals surface area contributed by atoms with Gasteiger partial charge in [0.25, 0.3) is 0 Å². The number of phenols is 1. The maximum absolute atomic E-state index is 13.9. The van der Waals surface area contributed by atoms with Gasteiger partial charge >= 0.3 is 0 Å². The number of nitrogens with zero attached hydrogens (tertiary/aromatic N) is 4. The minimum atomic E-state index is -0.882. The van der Waals surface area contributed by atoms with Crippen LogP contribution in [-0.2, 0) is 17.9 Å². The number of aromatic hydroxyl groups is 1. The molecule has 0 saturated carbocycles. The first-order chi connectivity index (χ1) is 14.6. The number of rotatable bonds is 4. The summed E-state index contributed by atoms with van der Waals surface area (Å²) in [5.74, 6) is -1.55. The number of aldehydes is 1.